The smallest absolute Gasteiger partial charge is 0.328 e. The van der Waals surface area contributed by atoms with Crippen molar-refractivity contribution in [2.24, 2.45) is 5.92 Å². The molecule has 0 aromatic carbocycles. The Kier molecular flexibility index (Phi) is 4.95. The van der Waals surface area contributed by atoms with Crippen molar-refractivity contribution in [3.63, 3.8) is 0 Å². The maximum absolute atomic E-state index is 12.4. The van der Waals surface area contributed by atoms with Crippen LogP contribution in [-0.4, -0.2) is 35.0 Å². The quantitative estimate of drug-likeness (QED) is 0.786. The lowest BCUT2D eigenvalue weighted by molar-refractivity contribution is -0.131. The van der Waals surface area contributed by atoms with Gasteiger partial charge in [-0.25, -0.2) is 4.79 Å². The Labute approximate surface area is 122 Å². The zero-order valence-corrected chi connectivity index (χ0v) is 12.4. The molecular formula is C15H19NO3S. The molecule has 0 aliphatic heterocycles. The van der Waals surface area contributed by atoms with Crippen LogP contribution in [-0.2, 0) is 4.79 Å². The van der Waals surface area contributed by atoms with Crippen LogP contribution in [0.5, 0.6) is 0 Å². The lowest BCUT2D eigenvalue weighted by atomic mass is 10.3. The number of carbonyl (C=O) groups excluding carboxylic acids is 1. The zero-order chi connectivity index (χ0) is 14.5. The lowest BCUT2D eigenvalue weighted by Crippen LogP contribution is -2.33. The molecule has 2 rings (SSSR count). The average molecular weight is 293 g/mol. The molecule has 5 heteroatoms. The lowest BCUT2D eigenvalue weighted by Gasteiger charge is -2.21. The van der Waals surface area contributed by atoms with Crippen molar-refractivity contribution in [2.45, 2.75) is 26.2 Å². The molecule has 0 bridgehead atoms. The van der Waals surface area contributed by atoms with E-state index in [1.807, 2.05) is 4.90 Å². The van der Waals surface area contributed by atoms with E-state index in [2.05, 4.69) is 6.92 Å². The summed E-state index contributed by atoms with van der Waals surface area (Å²) in [7, 11) is 0. The first-order valence-corrected chi connectivity index (χ1v) is 7.72. The van der Waals surface area contributed by atoms with Crippen LogP contribution in [0, 0.1) is 5.92 Å². The van der Waals surface area contributed by atoms with E-state index in [1.165, 1.54) is 30.3 Å². The summed E-state index contributed by atoms with van der Waals surface area (Å²) in [6.07, 6.45) is 6.02. The van der Waals surface area contributed by atoms with Crippen molar-refractivity contribution < 1.29 is 14.7 Å². The number of rotatable bonds is 7. The minimum absolute atomic E-state index is 0.0683. The fourth-order valence-corrected chi connectivity index (χ4v) is 2.90. The molecule has 4 nitrogen and oxygen atoms in total. The number of carboxylic acid groups (broad SMARTS) is 1. The standard InChI is InChI=1S/C15H19NO3S/c1-2-9-16(10-11-3-4-11)15(19)13-7-5-12(20-13)6-8-14(17)18/h5-8,11H,2-4,9-10H2,1H3,(H,17,18). The van der Waals surface area contributed by atoms with Crippen LogP contribution in [0.25, 0.3) is 6.08 Å². The largest absolute Gasteiger partial charge is 0.478 e. The summed E-state index contributed by atoms with van der Waals surface area (Å²) in [6, 6.07) is 3.57. The molecule has 1 heterocycles. The molecule has 1 aliphatic rings. The van der Waals surface area contributed by atoms with Crippen LogP contribution in [0.1, 0.15) is 40.7 Å². The Morgan fingerprint density at radius 1 is 1.45 bits per heavy atom. The van der Waals surface area contributed by atoms with Gasteiger partial charge in [-0.3, -0.25) is 4.79 Å². The number of carbonyl (C=O) groups is 2. The van der Waals surface area contributed by atoms with E-state index in [1.54, 1.807) is 12.1 Å². The summed E-state index contributed by atoms with van der Waals surface area (Å²) in [6.45, 7) is 3.71. The van der Waals surface area contributed by atoms with E-state index in [0.29, 0.717) is 10.8 Å². The Morgan fingerprint density at radius 2 is 2.20 bits per heavy atom. The van der Waals surface area contributed by atoms with Gasteiger partial charge in [-0.2, -0.15) is 0 Å². The molecular weight excluding hydrogens is 274 g/mol. The van der Waals surface area contributed by atoms with Crippen molar-refractivity contribution in [1.29, 1.82) is 0 Å². The van der Waals surface area contributed by atoms with Crippen molar-refractivity contribution in [2.75, 3.05) is 13.1 Å². The summed E-state index contributed by atoms with van der Waals surface area (Å²) < 4.78 is 0. The molecule has 1 aromatic rings. The fourth-order valence-electron chi connectivity index (χ4n) is 2.02. The highest BCUT2D eigenvalue weighted by atomic mass is 32.1. The van der Waals surface area contributed by atoms with Gasteiger partial charge in [0.05, 0.1) is 4.88 Å². The fraction of sp³-hybridized carbons (Fsp3) is 0.467. The molecule has 20 heavy (non-hydrogen) atoms. The van der Waals surface area contributed by atoms with Crippen LogP contribution in [0.15, 0.2) is 18.2 Å². The zero-order valence-electron chi connectivity index (χ0n) is 11.5. The van der Waals surface area contributed by atoms with Crippen LogP contribution in [0.3, 0.4) is 0 Å². The molecule has 108 valence electrons. The van der Waals surface area contributed by atoms with Gasteiger partial charge in [-0.15, -0.1) is 11.3 Å². The van der Waals surface area contributed by atoms with Crippen molar-refractivity contribution in [1.82, 2.24) is 4.90 Å². The van der Waals surface area contributed by atoms with E-state index < -0.39 is 5.97 Å². The maximum atomic E-state index is 12.4. The minimum atomic E-state index is -0.979. The van der Waals surface area contributed by atoms with Gasteiger partial charge < -0.3 is 10.0 Å². The summed E-state index contributed by atoms with van der Waals surface area (Å²) in [5.41, 5.74) is 0. The summed E-state index contributed by atoms with van der Waals surface area (Å²) >= 11 is 1.34. The topological polar surface area (TPSA) is 57.6 Å². The van der Waals surface area contributed by atoms with E-state index in [9.17, 15) is 9.59 Å². The SMILES string of the molecule is CCCN(CC1CC1)C(=O)c1ccc(C=CC(=O)O)s1. The van der Waals surface area contributed by atoms with Crippen molar-refractivity contribution in [3.05, 3.63) is 28.0 Å². The summed E-state index contributed by atoms with van der Waals surface area (Å²) in [4.78, 5) is 26.3. The highest BCUT2D eigenvalue weighted by Gasteiger charge is 2.27. The predicted molar refractivity (Wildman–Crippen MR) is 79.9 cm³/mol. The van der Waals surface area contributed by atoms with Crippen LogP contribution in [0.2, 0.25) is 0 Å². The average Bonchev–Trinajstić information content (AvgIpc) is 3.10. The predicted octanol–water partition coefficient (Wildman–Crippen LogP) is 3.11. The molecule has 0 unspecified atom stereocenters. The van der Waals surface area contributed by atoms with E-state index in [4.69, 9.17) is 5.11 Å². The first-order chi connectivity index (χ1) is 9.60. The van der Waals surface area contributed by atoms with Gasteiger partial charge in [-0.05, 0) is 43.4 Å². The molecule has 0 atom stereocenters. The highest BCUT2D eigenvalue weighted by Crippen LogP contribution is 2.30. The molecule has 0 spiro atoms. The van der Waals surface area contributed by atoms with Gasteiger partial charge in [0.25, 0.3) is 5.91 Å². The molecule has 0 radical (unpaired) electrons. The van der Waals surface area contributed by atoms with Gasteiger partial charge in [0.15, 0.2) is 0 Å². The molecule has 1 aliphatic carbocycles. The normalized spacial score (nSPS) is 14.7. The first kappa shape index (κ1) is 14.8. The second kappa shape index (κ2) is 6.70. The van der Waals surface area contributed by atoms with Crippen LogP contribution in [0.4, 0.5) is 0 Å². The monoisotopic (exact) mass is 293 g/mol. The van der Waals surface area contributed by atoms with Crippen molar-refractivity contribution >= 4 is 29.3 Å². The number of thiophene rings is 1. The second-order valence-electron chi connectivity index (χ2n) is 5.07. The summed E-state index contributed by atoms with van der Waals surface area (Å²) in [5, 5.41) is 8.60. The number of hydrogen-bond acceptors (Lipinski definition) is 3. The first-order valence-electron chi connectivity index (χ1n) is 6.90. The maximum Gasteiger partial charge on any atom is 0.328 e. The molecule has 0 saturated heterocycles. The number of nitrogens with zero attached hydrogens (tertiary/aromatic N) is 1. The van der Waals surface area contributed by atoms with Crippen LogP contribution < -0.4 is 0 Å². The summed E-state index contributed by atoms with van der Waals surface area (Å²) in [5.74, 6) is -0.233. The second-order valence-corrected chi connectivity index (χ2v) is 6.18. The van der Waals surface area contributed by atoms with Gasteiger partial charge in [0.2, 0.25) is 0 Å². The molecule has 1 saturated carbocycles. The number of amides is 1. The van der Waals surface area contributed by atoms with Gasteiger partial charge in [0.1, 0.15) is 0 Å². The minimum Gasteiger partial charge on any atom is -0.478 e. The molecule has 1 N–H and O–H groups in total. The Hall–Kier alpha value is -1.62. The van der Waals surface area contributed by atoms with E-state index in [-0.39, 0.29) is 5.91 Å². The number of hydrogen-bond donors (Lipinski definition) is 1. The Balaban J connectivity index is 2.04. The highest BCUT2D eigenvalue weighted by molar-refractivity contribution is 7.14. The van der Waals surface area contributed by atoms with Gasteiger partial charge >= 0.3 is 5.97 Å². The molecule has 1 amide bonds. The Bertz CT molecular complexity index is 517. The third kappa shape index (κ3) is 4.20. The van der Waals surface area contributed by atoms with Crippen LogP contribution >= 0.6 is 11.3 Å². The molecule has 1 fully saturated rings. The third-order valence-electron chi connectivity index (χ3n) is 3.18. The number of carboxylic acids is 1. The van der Waals surface area contributed by atoms with Crippen molar-refractivity contribution in [3.8, 4) is 0 Å². The van der Waals surface area contributed by atoms with E-state index >= 15 is 0 Å². The number of aliphatic carboxylic acids is 1. The molecule has 1 aromatic heterocycles. The van der Waals surface area contributed by atoms with E-state index in [0.717, 1.165) is 30.5 Å². The van der Waals surface area contributed by atoms with Gasteiger partial charge in [0, 0.05) is 24.0 Å². The van der Waals surface area contributed by atoms with Gasteiger partial charge in [-0.1, -0.05) is 6.92 Å². The Morgan fingerprint density at radius 3 is 2.80 bits per heavy atom. The third-order valence-corrected chi connectivity index (χ3v) is 4.22.